The van der Waals surface area contributed by atoms with Crippen molar-refractivity contribution in [2.75, 3.05) is 20.4 Å². The quantitative estimate of drug-likeness (QED) is 0.827. The van der Waals surface area contributed by atoms with Crippen LogP contribution < -0.4 is 0 Å². The number of oxime groups is 1. The zero-order chi connectivity index (χ0) is 17.4. The van der Waals surface area contributed by atoms with E-state index >= 15 is 0 Å². The van der Waals surface area contributed by atoms with Crippen LogP contribution in [0.25, 0.3) is 0 Å². The van der Waals surface area contributed by atoms with Crippen LogP contribution in [-0.4, -0.2) is 56.2 Å². The zero-order valence-corrected chi connectivity index (χ0v) is 13.5. The average molecular weight is 351 g/mol. The number of alkyl halides is 3. The molecule has 1 aliphatic rings. The van der Waals surface area contributed by atoms with Crippen LogP contribution in [0.15, 0.2) is 29.4 Å². The Labute approximate surface area is 132 Å². The van der Waals surface area contributed by atoms with Crippen LogP contribution in [-0.2, 0) is 21.4 Å². The summed E-state index contributed by atoms with van der Waals surface area (Å²) < 4.78 is 62.0. The number of sulfonamides is 1. The summed E-state index contributed by atoms with van der Waals surface area (Å²) in [6.45, 7) is 0.170. The van der Waals surface area contributed by atoms with Crippen molar-refractivity contribution in [3.05, 3.63) is 35.4 Å². The van der Waals surface area contributed by atoms with E-state index < -0.39 is 22.4 Å². The predicted molar refractivity (Wildman–Crippen MR) is 78.0 cm³/mol. The number of amidine groups is 1. The van der Waals surface area contributed by atoms with Gasteiger partial charge >= 0.3 is 6.18 Å². The first-order valence-electron chi connectivity index (χ1n) is 6.54. The highest BCUT2D eigenvalue weighted by Gasteiger charge is 2.49. The van der Waals surface area contributed by atoms with E-state index in [1.165, 1.54) is 18.4 Å². The van der Waals surface area contributed by atoms with Crippen molar-refractivity contribution in [1.82, 2.24) is 9.21 Å². The standard InChI is InChI=1S/C13H16F3N3O3S/c1-18(23(3,20)21)8-9-4-6-10(7-5-9)11-17-22-12(19(11)2)13(14,15)16/h4-7,12H,8H2,1-3H3. The van der Waals surface area contributed by atoms with E-state index in [1.807, 2.05) is 0 Å². The lowest BCUT2D eigenvalue weighted by atomic mass is 10.1. The molecular weight excluding hydrogens is 335 g/mol. The monoisotopic (exact) mass is 351 g/mol. The van der Waals surface area contributed by atoms with Crippen molar-refractivity contribution in [3.8, 4) is 0 Å². The van der Waals surface area contributed by atoms with E-state index in [2.05, 4.69) is 9.99 Å². The highest BCUT2D eigenvalue weighted by atomic mass is 32.2. The van der Waals surface area contributed by atoms with Gasteiger partial charge in [-0.05, 0) is 5.56 Å². The Morgan fingerprint density at radius 3 is 2.30 bits per heavy atom. The molecule has 0 fully saturated rings. The largest absolute Gasteiger partial charge is 0.448 e. The number of rotatable bonds is 4. The Bertz CT molecular complexity index is 701. The molecule has 0 spiro atoms. The Morgan fingerprint density at radius 2 is 1.87 bits per heavy atom. The fourth-order valence-electron chi connectivity index (χ4n) is 2.02. The number of hydrogen-bond donors (Lipinski definition) is 0. The second kappa shape index (κ2) is 6.00. The van der Waals surface area contributed by atoms with Gasteiger partial charge in [0.15, 0.2) is 5.84 Å². The van der Waals surface area contributed by atoms with Gasteiger partial charge in [0.05, 0.1) is 6.26 Å². The Balaban J connectivity index is 2.12. The molecule has 0 aliphatic carbocycles. The van der Waals surface area contributed by atoms with E-state index in [1.54, 1.807) is 24.3 Å². The summed E-state index contributed by atoms with van der Waals surface area (Å²) in [5, 5.41) is 3.48. The number of nitrogens with zero attached hydrogens (tertiary/aromatic N) is 3. The van der Waals surface area contributed by atoms with E-state index in [4.69, 9.17) is 0 Å². The molecule has 1 atom stereocenters. The van der Waals surface area contributed by atoms with Gasteiger partial charge in [0.1, 0.15) is 0 Å². The van der Waals surface area contributed by atoms with Crippen LogP contribution in [0, 0.1) is 0 Å². The minimum Gasteiger partial charge on any atom is -0.358 e. The summed E-state index contributed by atoms with van der Waals surface area (Å²) in [4.78, 5) is 5.34. The first kappa shape index (κ1) is 17.5. The molecule has 0 radical (unpaired) electrons. The molecule has 2 rings (SSSR count). The van der Waals surface area contributed by atoms with Gasteiger partial charge in [0.2, 0.25) is 10.0 Å². The third-order valence-electron chi connectivity index (χ3n) is 3.39. The van der Waals surface area contributed by atoms with Gasteiger partial charge in [-0.2, -0.15) is 13.2 Å². The van der Waals surface area contributed by atoms with E-state index in [0.29, 0.717) is 11.1 Å². The number of hydrogen-bond acceptors (Lipinski definition) is 5. The summed E-state index contributed by atoms with van der Waals surface area (Å²) in [5.41, 5.74) is 1.15. The van der Waals surface area contributed by atoms with Crippen molar-refractivity contribution in [2.45, 2.75) is 18.9 Å². The van der Waals surface area contributed by atoms with Crippen LogP contribution in [0.5, 0.6) is 0 Å². The molecule has 1 aromatic carbocycles. The normalized spacial score (nSPS) is 19.0. The first-order valence-corrected chi connectivity index (χ1v) is 8.39. The lowest BCUT2D eigenvalue weighted by molar-refractivity contribution is -0.241. The highest BCUT2D eigenvalue weighted by Crippen LogP contribution is 2.30. The van der Waals surface area contributed by atoms with Gasteiger partial charge in [0, 0.05) is 26.2 Å². The molecular formula is C13H16F3N3O3S. The van der Waals surface area contributed by atoms with Gasteiger partial charge < -0.3 is 9.74 Å². The van der Waals surface area contributed by atoms with Crippen LogP contribution >= 0.6 is 0 Å². The summed E-state index contributed by atoms with van der Waals surface area (Å²) >= 11 is 0. The van der Waals surface area contributed by atoms with E-state index in [0.717, 1.165) is 11.2 Å². The minimum absolute atomic E-state index is 0.0651. The predicted octanol–water partition coefficient (Wildman–Crippen LogP) is 1.59. The van der Waals surface area contributed by atoms with Gasteiger partial charge in [-0.15, -0.1) is 0 Å². The molecule has 23 heavy (non-hydrogen) atoms. The second-order valence-electron chi connectivity index (χ2n) is 5.24. The molecule has 1 aromatic rings. The first-order chi connectivity index (χ1) is 10.5. The average Bonchev–Trinajstić information content (AvgIpc) is 2.80. The molecule has 1 heterocycles. The Kier molecular flexibility index (Phi) is 4.58. The van der Waals surface area contributed by atoms with Gasteiger partial charge in [-0.25, -0.2) is 12.7 Å². The highest BCUT2D eigenvalue weighted by molar-refractivity contribution is 7.88. The SMILES string of the molecule is CN1C(c2ccc(CN(C)S(C)(=O)=O)cc2)=NOC1C(F)(F)F. The lowest BCUT2D eigenvalue weighted by Gasteiger charge is -2.22. The van der Waals surface area contributed by atoms with Crippen molar-refractivity contribution in [3.63, 3.8) is 0 Å². The van der Waals surface area contributed by atoms with Crippen LogP contribution in [0.3, 0.4) is 0 Å². The Morgan fingerprint density at radius 1 is 1.30 bits per heavy atom. The number of halogens is 3. The van der Waals surface area contributed by atoms with Crippen molar-refractivity contribution < 1.29 is 26.4 Å². The fraction of sp³-hybridized carbons (Fsp3) is 0.462. The minimum atomic E-state index is -4.54. The number of benzene rings is 1. The van der Waals surface area contributed by atoms with Gasteiger partial charge in [-0.3, -0.25) is 0 Å². The van der Waals surface area contributed by atoms with Crippen LogP contribution in [0.2, 0.25) is 0 Å². The molecule has 0 amide bonds. The molecule has 0 N–H and O–H groups in total. The molecule has 0 bridgehead atoms. The molecule has 6 nitrogen and oxygen atoms in total. The summed E-state index contributed by atoms with van der Waals surface area (Å²) in [6, 6.07) is 6.41. The molecule has 128 valence electrons. The molecule has 1 aliphatic heterocycles. The van der Waals surface area contributed by atoms with E-state index in [9.17, 15) is 21.6 Å². The topological polar surface area (TPSA) is 62.2 Å². The molecule has 1 unspecified atom stereocenters. The zero-order valence-electron chi connectivity index (χ0n) is 12.7. The van der Waals surface area contributed by atoms with Crippen molar-refractivity contribution in [2.24, 2.45) is 5.16 Å². The van der Waals surface area contributed by atoms with Gasteiger partial charge in [0.25, 0.3) is 6.23 Å². The maximum Gasteiger partial charge on any atom is 0.448 e. The smallest absolute Gasteiger partial charge is 0.358 e. The fourth-order valence-corrected chi connectivity index (χ4v) is 2.40. The van der Waals surface area contributed by atoms with Crippen LogP contribution in [0.4, 0.5) is 13.2 Å². The lowest BCUT2D eigenvalue weighted by Crippen LogP contribution is -2.43. The van der Waals surface area contributed by atoms with Crippen molar-refractivity contribution >= 4 is 15.9 Å². The summed E-state index contributed by atoms with van der Waals surface area (Å²) in [5.74, 6) is 0.0651. The maximum absolute atomic E-state index is 12.7. The van der Waals surface area contributed by atoms with Crippen molar-refractivity contribution in [1.29, 1.82) is 0 Å². The van der Waals surface area contributed by atoms with E-state index in [-0.39, 0.29) is 12.4 Å². The molecule has 10 heteroatoms. The summed E-state index contributed by atoms with van der Waals surface area (Å²) in [7, 11) is -0.613. The summed E-state index contributed by atoms with van der Waals surface area (Å²) in [6.07, 6.45) is -5.55. The third kappa shape index (κ3) is 3.94. The molecule has 0 aromatic heterocycles. The molecule has 0 saturated heterocycles. The van der Waals surface area contributed by atoms with Gasteiger partial charge in [-0.1, -0.05) is 29.4 Å². The maximum atomic E-state index is 12.7. The second-order valence-corrected chi connectivity index (χ2v) is 7.33. The Hall–Kier alpha value is -1.81. The molecule has 0 saturated carbocycles. The third-order valence-corrected chi connectivity index (χ3v) is 4.65. The van der Waals surface area contributed by atoms with Crippen LogP contribution in [0.1, 0.15) is 11.1 Å².